The van der Waals surface area contributed by atoms with Gasteiger partial charge in [-0.3, -0.25) is 0 Å². The largest absolute Gasteiger partial charge is 0.359 e. The van der Waals surface area contributed by atoms with Crippen molar-refractivity contribution >= 4 is 10.9 Å². The van der Waals surface area contributed by atoms with Gasteiger partial charge in [0.2, 0.25) is 0 Å². The number of hydrogen-bond donors (Lipinski definition) is 1. The molecule has 0 bridgehead atoms. The van der Waals surface area contributed by atoms with E-state index in [1.165, 1.54) is 22.2 Å². The first-order valence-electron chi connectivity index (χ1n) is 4.76. The molecule has 0 unspecified atom stereocenters. The molecule has 0 aliphatic heterocycles. The molecular formula is C12H15N. The Morgan fingerprint density at radius 1 is 1.23 bits per heavy atom. The fourth-order valence-corrected chi connectivity index (χ4v) is 1.82. The number of benzene rings is 1. The Morgan fingerprint density at radius 3 is 2.69 bits per heavy atom. The van der Waals surface area contributed by atoms with Gasteiger partial charge in [-0.05, 0) is 30.5 Å². The van der Waals surface area contributed by atoms with Crippen LogP contribution in [0.3, 0.4) is 0 Å². The van der Waals surface area contributed by atoms with Crippen LogP contribution in [0.25, 0.3) is 10.9 Å². The van der Waals surface area contributed by atoms with Gasteiger partial charge >= 0.3 is 0 Å². The van der Waals surface area contributed by atoms with Gasteiger partial charge in [-0.1, -0.05) is 26.0 Å². The van der Waals surface area contributed by atoms with Crippen LogP contribution in [-0.2, 0) is 0 Å². The first-order valence-corrected chi connectivity index (χ1v) is 4.76. The van der Waals surface area contributed by atoms with E-state index in [4.69, 9.17) is 0 Å². The smallest absolute Gasteiger partial charge is 0.0458 e. The van der Waals surface area contributed by atoms with Crippen molar-refractivity contribution in [1.29, 1.82) is 0 Å². The fraction of sp³-hybridized carbons (Fsp3) is 0.333. The number of rotatable bonds is 1. The summed E-state index contributed by atoms with van der Waals surface area (Å²) in [5, 5.41) is 1.37. The van der Waals surface area contributed by atoms with Gasteiger partial charge in [0.1, 0.15) is 0 Å². The van der Waals surface area contributed by atoms with Crippen molar-refractivity contribution in [3.05, 3.63) is 35.5 Å². The van der Waals surface area contributed by atoms with Crippen molar-refractivity contribution in [1.82, 2.24) is 4.98 Å². The average Bonchev–Trinajstić information content (AvgIpc) is 2.43. The van der Waals surface area contributed by atoms with E-state index in [1.807, 2.05) is 0 Å². The maximum absolute atomic E-state index is 3.35. The summed E-state index contributed by atoms with van der Waals surface area (Å²) in [6.07, 6.45) is 0. The lowest BCUT2D eigenvalue weighted by molar-refractivity contribution is 0.876. The maximum atomic E-state index is 3.35. The molecule has 0 atom stereocenters. The number of hydrogen-bond acceptors (Lipinski definition) is 0. The normalized spacial score (nSPS) is 11.4. The molecule has 0 aliphatic carbocycles. The molecule has 1 aromatic carbocycles. The minimum Gasteiger partial charge on any atom is -0.359 e. The van der Waals surface area contributed by atoms with E-state index >= 15 is 0 Å². The van der Waals surface area contributed by atoms with Crippen LogP contribution in [0.15, 0.2) is 24.3 Å². The third-order valence-electron chi connectivity index (χ3n) is 2.45. The van der Waals surface area contributed by atoms with Gasteiger partial charge in [0.05, 0.1) is 0 Å². The molecule has 1 aromatic heterocycles. The first-order chi connectivity index (χ1) is 6.18. The topological polar surface area (TPSA) is 15.8 Å². The van der Waals surface area contributed by atoms with Crippen LogP contribution in [0.4, 0.5) is 0 Å². The molecule has 0 fully saturated rings. The Bertz CT molecular complexity index is 424. The highest BCUT2D eigenvalue weighted by Crippen LogP contribution is 2.25. The van der Waals surface area contributed by atoms with Crippen molar-refractivity contribution in [3.8, 4) is 0 Å². The van der Waals surface area contributed by atoms with Gasteiger partial charge in [-0.2, -0.15) is 0 Å². The second-order valence-electron chi connectivity index (χ2n) is 3.92. The molecule has 2 aromatic rings. The lowest BCUT2D eigenvalue weighted by atomic mass is 9.99. The van der Waals surface area contributed by atoms with E-state index in [2.05, 4.69) is 50.0 Å². The predicted molar refractivity (Wildman–Crippen MR) is 57.1 cm³/mol. The molecule has 0 amide bonds. The number of fused-ring (bicyclic) bond motifs is 1. The van der Waals surface area contributed by atoms with Crippen LogP contribution in [0.1, 0.15) is 31.0 Å². The summed E-state index contributed by atoms with van der Waals surface area (Å²) < 4.78 is 0. The van der Waals surface area contributed by atoms with Crippen LogP contribution in [-0.4, -0.2) is 4.98 Å². The monoisotopic (exact) mass is 173 g/mol. The number of H-pyrrole nitrogens is 1. The van der Waals surface area contributed by atoms with Gasteiger partial charge in [-0.15, -0.1) is 0 Å². The van der Waals surface area contributed by atoms with E-state index in [9.17, 15) is 0 Å². The lowest BCUT2D eigenvalue weighted by Gasteiger charge is -2.05. The molecule has 0 spiro atoms. The van der Waals surface area contributed by atoms with Crippen molar-refractivity contribution < 1.29 is 0 Å². The molecule has 68 valence electrons. The van der Waals surface area contributed by atoms with E-state index in [0.717, 1.165) is 0 Å². The summed E-state index contributed by atoms with van der Waals surface area (Å²) in [7, 11) is 0. The highest BCUT2D eigenvalue weighted by Gasteiger charge is 2.05. The van der Waals surface area contributed by atoms with Crippen molar-refractivity contribution in [2.75, 3.05) is 0 Å². The SMILES string of the molecule is Cc1cc2c(C(C)C)cccc2[nH]1. The summed E-state index contributed by atoms with van der Waals surface area (Å²) in [5.41, 5.74) is 3.92. The molecule has 13 heavy (non-hydrogen) atoms. The van der Waals surface area contributed by atoms with Gasteiger partial charge in [0.25, 0.3) is 0 Å². The fourth-order valence-electron chi connectivity index (χ4n) is 1.82. The highest BCUT2D eigenvalue weighted by atomic mass is 14.7. The zero-order valence-electron chi connectivity index (χ0n) is 8.39. The molecular weight excluding hydrogens is 158 g/mol. The zero-order chi connectivity index (χ0) is 9.42. The summed E-state index contributed by atoms with van der Waals surface area (Å²) in [4.78, 5) is 3.35. The molecule has 2 rings (SSSR count). The van der Waals surface area contributed by atoms with Crippen LogP contribution in [0, 0.1) is 6.92 Å². The molecule has 0 radical (unpaired) electrons. The highest BCUT2D eigenvalue weighted by molar-refractivity contribution is 5.84. The van der Waals surface area contributed by atoms with Gasteiger partial charge in [-0.25, -0.2) is 0 Å². The van der Waals surface area contributed by atoms with E-state index in [-0.39, 0.29) is 0 Å². The summed E-state index contributed by atoms with van der Waals surface area (Å²) in [5.74, 6) is 0.596. The Morgan fingerprint density at radius 2 is 2.00 bits per heavy atom. The molecule has 0 aliphatic rings. The minimum atomic E-state index is 0.596. The molecule has 1 heteroatoms. The predicted octanol–water partition coefficient (Wildman–Crippen LogP) is 3.60. The Kier molecular flexibility index (Phi) is 1.87. The molecule has 0 saturated carbocycles. The standard InChI is InChI=1S/C12H15N/c1-8(2)10-5-4-6-12-11(10)7-9(3)13-12/h4-8,13H,1-3H3. The summed E-state index contributed by atoms with van der Waals surface area (Å²) in [6.45, 7) is 6.57. The van der Waals surface area contributed by atoms with E-state index in [1.54, 1.807) is 0 Å². The summed E-state index contributed by atoms with van der Waals surface area (Å²) in [6, 6.07) is 8.69. The van der Waals surface area contributed by atoms with Crippen molar-refractivity contribution in [2.24, 2.45) is 0 Å². The van der Waals surface area contributed by atoms with Gasteiger partial charge in [0.15, 0.2) is 0 Å². The van der Waals surface area contributed by atoms with Crippen molar-refractivity contribution in [3.63, 3.8) is 0 Å². The Hall–Kier alpha value is -1.24. The first kappa shape index (κ1) is 8.36. The number of aryl methyl sites for hydroxylation is 1. The molecule has 1 heterocycles. The second kappa shape index (κ2) is 2.91. The number of aromatic nitrogens is 1. The quantitative estimate of drug-likeness (QED) is 0.678. The Balaban J connectivity index is 2.75. The minimum absolute atomic E-state index is 0.596. The van der Waals surface area contributed by atoms with Crippen LogP contribution in [0.2, 0.25) is 0 Å². The van der Waals surface area contributed by atoms with Crippen LogP contribution in [0.5, 0.6) is 0 Å². The molecule has 1 N–H and O–H groups in total. The second-order valence-corrected chi connectivity index (χ2v) is 3.92. The Labute approximate surface area is 78.8 Å². The third-order valence-corrected chi connectivity index (χ3v) is 2.45. The van der Waals surface area contributed by atoms with Gasteiger partial charge in [0, 0.05) is 16.6 Å². The maximum Gasteiger partial charge on any atom is 0.0458 e. The molecule has 1 nitrogen and oxygen atoms in total. The van der Waals surface area contributed by atoms with Crippen LogP contribution < -0.4 is 0 Å². The molecule has 0 saturated heterocycles. The number of nitrogens with one attached hydrogen (secondary N) is 1. The average molecular weight is 173 g/mol. The zero-order valence-corrected chi connectivity index (χ0v) is 8.39. The third kappa shape index (κ3) is 1.35. The van der Waals surface area contributed by atoms with E-state index in [0.29, 0.717) is 5.92 Å². The van der Waals surface area contributed by atoms with E-state index < -0.39 is 0 Å². The summed E-state index contributed by atoms with van der Waals surface area (Å²) >= 11 is 0. The number of aromatic amines is 1. The lowest BCUT2D eigenvalue weighted by Crippen LogP contribution is -1.86. The van der Waals surface area contributed by atoms with Gasteiger partial charge < -0.3 is 4.98 Å². The van der Waals surface area contributed by atoms with Crippen molar-refractivity contribution in [2.45, 2.75) is 26.7 Å². The van der Waals surface area contributed by atoms with Crippen LogP contribution >= 0.6 is 0 Å².